The monoisotopic (exact) mass is 401 g/mol. The number of anilines is 3. The number of hydrogen-bond acceptors (Lipinski definition) is 4. The molecule has 1 atom stereocenters. The first-order chi connectivity index (χ1) is 13.4. The van der Waals surface area contributed by atoms with Crippen LogP contribution in [-0.4, -0.2) is 31.4 Å². The Labute approximate surface area is 167 Å². The van der Waals surface area contributed by atoms with Crippen LogP contribution in [-0.2, 0) is 14.4 Å². The van der Waals surface area contributed by atoms with Gasteiger partial charge in [-0.1, -0.05) is 11.6 Å². The van der Waals surface area contributed by atoms with Crippen molar-refractivity contribution in [3.05, 3.63) is 47.5 Å². The number of nitrogens with one attached hydrogen (secondary N) is 2. The zero-order valence-corrected chi connectivity index (χ0v) is 16.2. The van der Waals surface area contributed by atoms with Crippen LogP contribution in [0, 0.1) is 5.92 Å². The van der Waals surface area contributed by atoms with Crippen LogP contribution in [0.1, 0.15) is 13.3 Å². The third-order valence-electron chi connectivity index (χ3n) is 4.41. The molecule has 1 aliphatic rings. The highest BCUT2D eigenvalue weighted by atomic mass is 35.5. The molecular weight excluding hydrogens is 382 g/mol. The molecule has 0 spiro atoms. The molecule has 1 aliphatic heterocycles. The van der Waals surface area contributed by atoms with Crippen molar-refractivity contribution in [3.8, 4) is 5.75 Å². The molecule has 0 saturated carbocycles. The van der Waals surface area contributed by atoms with Crippen molar-refractivity contribution in [2.75, 3.05) is 29.2 Å². The van der Waals surface area contributed by atoms with E-state index < -0.39 is 5.92 Å². The summed E-state index contributed by atoms with van der Waals surface area (Å²) in [6.07, 6.45) is 0.113. The highest BCUT2D eigenvalue weighted by Crippen LogP contribution is 2.31. The molecule has 146 valence electrons. The van der Waals surface area contributed by atoms with Crippen LogP contribution in [0.2, 0.25) is 5.02 Å². The van der Waals surface area contributed by atoms with Crippen LogP contribution >= 0.6 is 11.6 Å². The molecule has 1 fully saturated rings. The van der Waals surface area contributed by atoms with Crippen LogP contribution in [0.5, 0.6) is 5.75 Å². The number of amides is 3. The van der Waals surface area contributed by atoms with Crippen molar-refractivity contribution in [1.82, 2.24) is 0 Å². The van der Waals surface area contributed by atoms with Crippen LogP contribution in [0.15, 0.2) is 42.5 Å². The number of nitrogens with zero attached hydrogens (tertiary/aromatic N) is 1. The quantitative estimate of drug-likeness (QED) is 0.804. The summed E-state index contributed by atoms with van der Waals surface area (Å²) in [4.78, 5) is 37.9. The zero-order valence-electron chi connectivity index (χ0n) is 15.5. The van der Waals surface area contributed by atoms with E-state index in [9.17, 15) is 14.4 Å². The van der Waals surface area contributed by atoms with E-state index in [1.165, 1.54) is 14.0 Å². The summed E-state index contributed by atoms with van der Waals surface area (Å²) in [5, 5.41) is 6.04. The maximum Gasteiger partial charge on any atom is 0.229 e. The Morgan fingerprint density at radius 1 is 1.14 bits per heavy atom. The number of carbonyl (C=O) groups excluding carboxylic acids is 3. The van der Waals surface area contributed by atoms with Crippen molar-refractivity contribution in [1.29, 1.82) is 0 Å². The van der Waals surface area contributed by atoms with E-state index in [-0.39, 0.29) is 30.7 Å². The summed E-state index contributed by atoms with van der Waals surface area (Å²) >= 11 is 5.89. The lowest BCUT2D eigenvalue weighted by molar-refractivity contribution is -0.122. The van der Waals surface area contributed by atoms with E-state index in [1.54, 1.807) is 47.4 Å². The van der Waals surface area contributed by atoms with Crippen molar-refractivity contribution < 1.29 is 19.1 Å². The van der Waals surface area contributed by atoms with Gasteiger partial charge in [0.1, 0.15) is 5.75 Å². The average Bonchev–Trinajstić information content (AvgIpc) is 3.04. The SMILES string of the molecule is COc1ccc(NC(C)=O)cc1NC(=O)[C@H]1CC(=O)N(c2ccc(Cl)cc2)C1. The molecule has 2 aromatic carbocycles. The lowest BCUT2D eigenvalue weighted by Crippen LogP contribution is -2.28. The molecule has 0 bridgehead atoms. The van der Waals surface area contributed by atoms with Gasteiger partial charge >= 0.3 is 0 Å². The van der Waals surface area contributed by atoms with Crippen LogP contribution in [0.4, 0.5) is 17.1 Å². The largest absolute Gasteiger partial charge is 0.495 e. The molecule has 8 heteroatoms. The second-order valence-electron chi connectivity index (χ2n) is 6.47. The predicted molar refractivity (Wildman–Crippen MR) is 108 cm³/mol. The number of benzene rings is 2. The summed E-state index contributed by atoms with van der Waals surface area (Å²) in [5.41, 5.74) is 1.67. The molecule has 3 rings (SSSR count). The van der Waals surface area contributed by atoms with Crippen molar-refractivity contribution in [2.45, 2.75) is 13.3 Å². The van der Waals surface area contributed by atoms with Gasteiger partial charge in [-0.05, 0) is 42.5 Å². The van der Waals surface area contributed by atoms with Gasteiger partial charge in [-0.2, -0.15) is 0 Å². The van der Waals surface area contributed by atoms with E-state index in [2.05, 4.69) is 10.6 Å². The summed E-state index contributed by atoms with van der Waals surface area (Å²) in [6.45, 7) is 1.68. The lowest BCUT2D eigenvalue weighted by atomic mass is 10.1. The second kappa shape index (κ2) is 8.31. The molecular formula is C20H20ClN3O4. The molecule has 28 heavy (non-hydrogen) atoms. The number of hydrogen-bond donors (Lipinski definition) is 2. The number of methoxy groups -OCH3 is 1. The Morgan fingerprint density at radius 3 is 2.50 bits per heavy atom. The fourth-order valence-electron chi connectivity index (χ4n) is 3.08. The van der Waals surface area contributed by atoms with Gasteiger partial charge in [-0.3, -0.25) is 14.4 Å². The second-order valence-corrected chi connectivity index (χ2v) is 6.90. The van der Waals surface area contributed by atoms with Gasteiger partial charge < -0.3 is 20.3 Å². The fraction of sp³-hybridized carbons (Fsp3) is 0.250. The molecule has 7 nitrogen and oxygen atoms in total. The van der Waals surface area contributed by atoms with Gasteiger partial charge in [-0.25, -0.2) is 0 Å². The maximum atomic E-state index is 12.7. The van der Waals surface area contributed by atoms with Crippen molar-refractivity contribution in [2.24, 2.45) is 5.92 Å². The summed E-state index contributed by atoms with van der Waals surface area (Å²) in [7, 11) is 1.49. The molecule has 0 unspecified atom stereocenters. The first kappa shape index (κ1) is 19.7. The van der Waals surface area contributed by atoms with E-state index >= 15 is 0 Å². The molecule has 1 heterocycles. The van der Waals surface area contributed by atoms with Gasteiger partial charge in [-0.15, -0.1) is 0 Å². The Kier molecular flexibility index (Phi) is 5.84. The van der Waals surface area contributed by atoms with Crippen molar-refractivity contribution in [3.63, 3.8) is 0 Å². The minimum absolute atomic E-state index is 0.113. The van der Waals surface area contributed by atoms with E-state index in [4.69, 9.17) is 16.3 Å². The minimum Gasteiger partial charge on any atom is -0.495 e. The number of rotatable bonds is 5. The molecule has 0 radical (unpaired) electrons. The first-order valence-corrected chi connectivity index (χ1v) is 9.07. The van der Waals surface area contributed by atoms with Crippen LogP contribution < -0.4 is 20.3 Å². The van der Waals surface area contributed by atoms with Gasteiger partial charge in [0.05, 0.1) is 18.7 Å². The first-order valence-electron chi connectivity index (χ1n) is 8.70. The smallest absolute Gasteiger partial charge is 0.229 e. The fourth-order valence-corrected chi connectivity index (χ4v) is 3.20. The van der Waals surface area contributed by atoms with Crippen LogP contribution in [0.25, 0.3) is 0 Å². The topological polar surface area (TPSA) is 87.7 Å². The minimum atomic E-state index is -0.502. The van der Waals surface area contributed by atoms with E-state index in [0.29, 0.717) is 27.8 Å². The normalized spacial score (nSPS) is 16.0. The molecule has 2 N–H and O–H groups in total. The lowest BCUT2D eigenvalue weighted by Gasteiger charge is -2.17. The molecule has 3 amide bonds. The molecule has 0 aromatic heterocycles. The number of carbonyl (C=O) groups is 3. The highest BCUT2D eigenvalue weighted by molar-refractivity contribution is 6.30. The summed E-state index contributed by atoms with van der Waals surface area (Å²) in [6, 6.07) is 11.9. The standard InChI is InChI=1S/C20H20ClN3O4/c1-12(25)22-15-5-8-18(28-2)17(10-15)23-20(27)13-9-19(26)24(11-13)16-6-3-14(21)4-7-16/h3-8,10,13H,9,11H2,1-2H3,(H,22,25)(H,23,27)/t13-/m0/s1. The molecule has 0 aliphatic carbocycles. The van der Waals surface area contributed by atoms with Crippen molar-refractivity contribution >= 4 is 46.4 Å². The highest BCUT2D eigenvalue weighted by Gasteiger charge is 2.35. The van der Waals surface area contributed by atoms with E-state index in [0.717, 1.165) is 0 Å². The Hall–Kier alpha value is -3.06. The van der Waals surface area contributed by atoms with Gasteiger partial charge in [0, 0.05) is 36.3 Å². The maximum absolute atomic E-state index is 12.7. The molecule has 1 saturated heterocycles. The zero-order chi connectivity index (χ0) is 20.3. The van der Waals surface area contributed by atoms with Gasteiger partial charge in [0.15, 0.2) is 0 Å². The van der Waals surface area contributed by atoms with E-state index in [1.807, 2.05) is 0 Å². The summed E-state index contributed by atoms with van der Waals surface area (Å²) < 4.78 is 5.27. The third-order valence-corrected chi connectivity index (χ3v) is 4.66. The summed E-state index contributed by atoms with van der Waals surface area (Å²) in [5.74, 6) is -0.675. The van der Waals surface area contributed by atoms with Gasteiger partial charge in [0.2, 0.25) is 17.7 Å². The van der Waals surface area contributed by atoms with Gasteiger partial charge in [0.25, 0.3) is 0 Å². The number of ether oxygens (including phenoxy) is 1. The molecule has 2 aromatic rings. The Morgan fingerprint density at radius 2 is 1.86 bits per heavy atom. The third kappa shape index (κ3) is 4.43. The predicted octanol–water partition coefficient (Wildman–Crippen LogP) is 3.30. The Balaban J connectivity index is 1.73. The average molecular weight is 402 g/mol. The number of halogens is 1. The Bertz CT molecular complexity index is 914. The van der Waals surface area contributed by atoms with Crippen LogP contribution in [0.3, 0.4) is 0 Å².